The fourth-order valence-corrected chi connectivity index (χ4v) is 5.00. The molecule has 2 amide bonds. The number of hydroxylamine groups is 1. The molecular formula is C23H24ClFN4O4. The van der Waals surface area contributed by atoms with Gasteiger partial charge in [-0.25, -0.2) is 4.39 Å². The monoisotopic (exact) mass is 474 g/mol. The van der Waals surface area contributed by atoms with E-state index < -0.39 is 11.2 Å². The molecular weight excluding hydrogens is 451 g/mol. The molecule has 0 aromatic heterocycles. The Morgan fingerprint density at radius 3 is 2.67 bits per heavy atom. The number of nitrogens with one attached hydrogen (secondary N) is 4. The summed E-state index contributed by atoms with van der Waals surface area (Å²) in [4.78, 5) is 30.5. The Balaban J connectivity index is 1.02. The molecule has 0 radical (unpaired) electrons. The van der Waals surface area contributed by atoms with Crippen molar-refractivity contribution in [1.82, 2.24) is 21.4 Å². The highest BCUT2D eigenvalue weighted by atomic mass is 35.5. The van der Waals surface area contributed by atoms with Crippen LogP contribution in [-0.2, 0) is 14.4 Å². The minimum atomic E-state index is -0.605. The lowest BCUT2D eigenvalue weighted by atomic mass is 9.39. The van der Waals surface area contributed by atoms with Gasteiger partial charge < -0.3 is 15.4 Å². The van der Waals surface area contributed by atoms with E-state index in [0.29, 0.717) is 25.8 Å². The van der Waals surface area contributed by atoms with Crippen LogP contribution in [0.4, 0.5) is 4.39 Å². The molecule has 4 aliphatic rings. The third-order valence-electron chi connectivity index (χ3n) is 6.43. The lowest BCUT2D eigenvalue weighted by molar-refractivity contribution is -0.184. The first kappa shape index (κ1) is 22.1. The molecule has 2 unspecified atom stereocenters. The molecule has 1 aliphatic heterocycles. The molecule has 2 aromatic rings. The molecule has 174 valence electrons. The van der Waals surface area contributed by atoms with Crippen LogP contribution in [0.1, 0.15) is 31.1 Å². The molecule has 1 heterocycles. The van der Waals surface area contributed by atoms with Crippen LogP contribution in [0.5, 0.6) is 5.75 Å². The molecule has 2 aromatic carbocycles. The normalized spacial score (nSPS) is 29.5. The van der Waals surface area contributed by atoms with Crippen molar-refractivity contribution >= 4 is 23.4 Å². The van der Waals surface area contributed by atoms with Gasteiger partial charge in [-0.1, -0.05) is 41.9 Å². The van der Waals surface area contributed by atoms with Crippen LogP contribution in [0, 0.1) is 11.2 Å². The van der Waals surface area contributed by atoms with Crippen molar-refractivity contribution in [3.8, 4) is 5.75 Å². The summed E-state index contributed by atoms with van der Waals surface area (Å²) < 4.78 is 18.8. The first-order valence-corrected chi connectivity index (χ1v) is 11.1. The molecule has 2 atom stereocenters. The zero-order chi connectivity index (χ0) is 23.1. The molecule has 4 N–H and O–H groups in total. The van der Waals surface area contributed by atoms with Crippen LogP contribution in [0.3, 0.4) is 0 Å². The summed E-state index contributed by atoms with van der Waals surface area (Å²) in [6, 6.07) is 13.8. The van der Waals surface area contributed by atoms with Gasteiger partial charge in [0.2, 0.25) is 5.91 Å². The summed E-state index contributed by atoms with van der Waals surface area (Å²) in [7, 11) is 0. The Morgan fingerprint density at radius 2 is 1.94 bits per heavy atom. The van der Waals surface area contributed by atoms with E-state index in [4.69, 9.17) is 21.2 Å². The van der Waals surface area contributed by atoms with E-state index in [2.05, 4.69) is 21.4 Å². The summed E-state index contributed by atoms with van der Waals surface area (Å²) in [6.45, 7) is 0.151. The van der Waals surface area contributed by atoms with Gasteiger partial charge in [0.05, 0.1) is 10.4 Å². The second-order valence-electron chi connectivity index (χ2n) is 8.96. The van der Waals surface area contributed by atoms with Gasteiger partial charge in [-0.3, -0.25) is 19.7 Å². The third-order valence-corrected chi connectivity index (χ3v) is 6.73. The van der Waals surface area contributed by atoms with E-state index >= 15 is 0 Å². The molecule has 3 aliphatic carbocycles. The van der Waals surface area contributed by atoms with E-state index in [1.807, 2.05) is 30.3 Å². The van der Waals surface area contributed by atoms with E-state index in [0.717, 1.165) is 11.6 Å². The summed E-state index contributed by atoms with van der Waals surface area (Å²) in [6.07, 6.45) is 1.33. The first-order chi connectivity index (χ1) is 15.9. The van der Waals surface area contributed by atoms with Crippen molar-refractivity contribution in [3.63, 3.8) is 0 Å². The van der Waals surface area contributed by atoms with E-state index in [-0.39, 0.29) is 47.1 Å². The molecule has 8 nitrogen and oxygen atoms in total. The van der Waals surface area contributed by atoms with Crippen molar-refractivity contribution in [2.75, 3.05) is 13.2 Å². The molecule has 2 bridgehead atoms. The second kappa shape index (κ2) is 8.57. The fraction of sp³-hybridized carbons (Fsp3) is 0.391. The first-order valence-electron chi connectivity index (χ1n) is 10.8. The molecule has 33 heavy (non-hydrogen) atoms. The van der Waals surface area contributed by atoms with Crippen LogP contribution in [0.2, 0.25) is 5.02 Å². The highest BCUT2D eigenvalue weighted by Crippen LogP contribution is 2.67. The quantitative estimate of drug-likeness (QED) is 0.468. The number of rotatable bonds is 8. The van der Waals surface area contributed by atoms with Crippen molar-refractivity contribution in [2.45, 2.75) is 37.2 Å². The van der Waals surface area contributed by atoms with Gasteiger partial charge in [0.25, 0.3) is 5.91 Å². The van der Waals surface area contributed by atoms with Crippen LogP contribution in [-0.4, -0.2) is 36.7 Å². The second-order valence-corrected chi connectivity index (χ2v) is 9.37. The van der Waals surface area contributed by atoms with Gasteiger partial charge in [0, 0.05) is 18.2 Å². The van der Waals surface area contributed by atoms with Crippen LogP contribution < -0.4 is 26.2 Å². The van der Waals surface area contributed by atoms with Crippen LogP contribution >= 0.6 is 11.6 Å². The van der Waals surface area contributed by atoms with Crippen LogP contribution in [0.25, 0.3) is 0 Å². The highest BCUT2D eigenvalue weighted by Gasteiger charge is 2.72. The molecule has 1 saturated heterocycles. The maximum Gasteiger partial charge on any atom is 0.258 e. The SMILES string of the molecule is O=C(COc1ccc(Cl)c(F)c1)NC12CC(C(=O)NCC3NOC(c4ccccc4)N3)(C1)C2. The number of carbonyl (C=O) groups excluding carboxylic acids is 2. The summed E-state index contributed by atoms with van der Waals surface area (Å²) in [5, 5.41) is 9.20. The number of halogens is 2. The number of amides is 2. The lowest BCUT2D eigenvalue weighted by Crippen LogP contribution is -2.78. The van der Waals surface area contributed by atoms with Gasteiger partial charge >= 0.3 is 0 Å². The predicted octanol–water partition coefficient (Wildman–Crippen LogP) is 2.16. The summed E-state index contributed by atoms with van der Waals surface area (Å²) in [5.41, 5.74) is 3.12. The van der Waals surface area contributed by atoms with Gasteiger partial charge in [0.15, 0.2) is 12.8 Å². The smallest absolute Gasteiger partial charge is 0.258 e. The lowest BCUT2D eigenvalue weighted by Gasteiger charge is -2.69. The van der Waals surface area contributed by atoms with Crippen LogP contribution in [0.15, 0.2) is 48.5 Å². The number of carbonyl (C=O) groups is 2. The Kier molecular flexibility index (Phi) is 5.74. The zero-order valence-electron chi connectivity index (χ0n) is 17.7. The minimum Gasteiger partial charge on any atom is -0.484 e. The van der Waals surface area contributed by atoms with Crippen molar-refractivity contribution in [3.05, 3.63) is 64.9 Å². The Morgan fingerprint density at radius 1 is 1.18 bits per heavy atom. The number of hydrogen-bond donors (Lipinski definition) is 4. The van der Waals surface area contributed by atoms with Gasteiger partial charge in [-0.2, -0.15) is 5.48 Å². The van der Waals surface area contributed by atoms with E-state index in [1.54, 1.807) is 0 Å². The molecule has 6 rings (SSSR count). The highest BCUT2D eigenvalue weighted by molar-refractivity contribution is 6.30. The Labute approximate surface area is 195 Å². The van der Waals surface area contributed by atoms with Gasteiger partial charge in [-0.05, 0) is 37.0 Å². The Bertz CT molecular complexity index is 1050. The zero-order valence-corrected chi connectivity index (χ0v) is 18.5. The van der Waals surface area contributed by atoms with Crippen molar-refractivity contribution in [1.29, 1.82) is 0 Å². The molecule has 3 saturated carbocycles. The molecule has 10 heteroatoms. The maximum absolute atomic E-state index is 13.5. The minimum absolute atomic E-state index is 0.00715. The average Bonchev–Trinajstić information content (AvgIpc) is 3.24. The fourth-order valence-electron chi connectivity index (χ4n) is 4.88. The number of hydrogen-bond acceptors (Lipinski definition) is 6. The maximum atomic E-state index is 13.5. The van der Waals surface area contributed by atoms with Crippen molar-refractivity contribution in [2.24, 2.45) is 5.41 Å². The van der Waals surface area contributed by atoms with Crippen molar-refractivity contribution < 1.29 is 23.6 Å². The summed E-state index contributed by atoms with van der Waals surface area (Å²) >= 11 is 5.64. The van der Waals surface area contributed by atoms with E-state index in [9.17, 15) is 14.0 Å². The molecule has 0 spiro atoms. The largest absolute Gasteiger partial charge is 0.484 e. The topological polar surface area (TPSA) is 101 Å². The predicted molar refractivity (Wildman–Crippen MR) is 117 cm³/mol. The Hall–Kier alpha value is -2.72. The standard InChI is InChI=1S/C23H24ClFN4O4/c24-16-7-6-15(8-17(16)25)32-10-19(30)28-23-11-22(12-23,13-23)21(31)26-9-18-27-20(33-29-18)14-4-2-1-3-5-14/h1-8,18,20,27,29H,9-13H2,(H,26,31)(H,28,30). The number of benzene rings is 2. The third kappa shape index (κ3) is 4.41. The molecule has 4 fully saturated rings. The van der Waals surface area contributed by atoms with Gasteiger partial charge in [0.1, 0.15) is 17.7 Å². The van der Waals surface area contributed by atoms with E-state index in [1.165, 1.54) is 12.1 Å². The average molecular weight is 475 g/mol. The number of ether oxygens (including phenoxy) is 1. The summed E-state index contributed by atoms with van der Waals surface area (Å²) in [5.74, 6) is -0.694. The van der Waals surface area contributed by atoms with Gasteiger partial charge in [-0.15, -0.1) is 0 Å².